The van der Waals surface area contributed by atoms with Crippen LogP contribution in [0.5, 0.6) is 17.2 Å². The number of carbonyl (C=O) groups excluding carboxylic acids is 1. The second-order valence-corrected chi connectivity index (χ2v) is 6.61. The van der Waals surface area contributed by atoms with Crippen LogP contribution in [0, 0.1) is 0 Å². The Morgan fingerprint density at radius 3 is 2.28 bits per heavy atom. The third-order valence-corrected chi connectivity index (χ3v) is 4.65. The molecule has 2 aromatic carbocycles. The van der Waals surface area contributed by atoms with Crippen LogP contribution in [-0.4, -0.2) is 31.4 Å². The molecule has 0 aliphatic heterocycles. The number of hydrogen-bond donors (Lipinski definition) is 1. The highest BCUT2D eigenvalue weighted by atomic mass is 16.5. The molecule has 0 saturated heterocycles. The zero-order valence-corrected chi connectivity index (χ0v) is 17.3. The lowest BCUT2D eigenvalue weighted by molar-refractivity contribution is 0.0953. The molecule has 0 fully saturated rings. The highest BCUT2D eigenvalue weighted by Gasteiger charge is 2.19. The molecule has 0 radical (unpaired) electrons. The molecule has 0 spiro atoms. The lowest BCUT2D eigenvalue weighted by Gasteiger charge is -2.18. The zero-order valence-electron chi connectivity index (χ0n) is 17.3. The normalized spacial score (nSPS) is 14.2. The van der Waals surface area contributed by atoms with Crippen molar-refractivity contribution >= 4 is 11.6 Å². The van der Waals surface area contributed by atoms with Gasteiger partial charge in [-0.3, -0.25) is 4.79 Å². The van der Waals surface area contributed by atoms with Gasteiger partial charge in [-0.2, -0.15) is 5.10 Å². The van der Waals surface area contributed by atoms with Crippen LogP contribution in [0.15, 0.2) is 41.5 Å². The van der Waals surface area contributed by atoms with Crippen LogP contribution in [0.25, 0.3) is 0 Å². The molecule has 0 unspecified atom stereocenters. The molecule has 6 heteroatoms. The topological polar surface area (TPSA) is 69.2 Å². The quantitative estimate of drug-likeness (QED) is 0.674. The first-order chi connectivity index (χ1) is 14.2. The van der Waals surface area contributed by atoms with Gasteiger partial charge in [-0.05, 0) is 57.7 Å². The number of nitrogens with zero attached hydrogens (tertiary/aromatic N) is 1. The largest absolute Gasteiger partial charge is 0.490 e. The number of hydrogen-bond acceptors (Lipinski definition) is 5. The molecule has 0 aromatic heterocycles. The Balaban J connectivity index is 1.87. The van der Waals surface area contributed by atoms with E-state index in [1.54, 1.807) is 12.1 Å². The van der Waals surface area contributed by atoms with Crippen molar-refractivity contribution in [1.29, 1.82) is 0 Å². The molecule has 1 aliphatic carbocycles. The molecule has 2 aromatic rings. The van der Waals surface area contributed by atoms with Crippen molar-refractivity contribution in [2.45, 2.75) is 40.0 Å². The van der Waals surface area contributed by atoms with Gasteiger partial charge < -0.3 is 14.2 Å². The summed E-state index contributed by atoms with van der Waals surface area (Å²) in [5, 5.41) is 4.42. The van der Waals surface area contributed by atoms with Gasteiger partial charge in [0.05, 0.1) is 25.5 Å². The summed E-state index contributed by atoms with van der Waals surface area (Å²) in [7, 11) is 0. The summed E-state index contributed by atoms with van der Waals surface area (Å²) < 4.78 is 17.1. The van der Waals surface area contributed by atoms with Crippen LogP contribution >= 0.6 is 0 Å². The van der Waals surface area contributed by atoms with Crippen molar-refractivity contribution in [2.75, 3.05) is 19.8 Å². The minimum Gasteiger partial charge on any atom is -0.490 e. The van der Waals surface area contributed by atoms with Crippen LogP contribution in [0.3, 0.4) is 0 Å². The summed E-state index contributed by atoms with van der Waals surface area (Å²) >= 11 is 0. The van der Waals surface area contributed by atoms with Crippen molar-refractivity contribution in [1.82, 2.24) is 5.43 Å². The molecule has 1 aliphatic rings. The second-order valence-electron chi connectivity index (χ2n) is 6.61. The Bertz CT molecular complexity index is 865. The Kier molecular flexibility index (Phi) is 7.11. The fraction of sp³-hybridized carbons (Fsp3) is 0.391. The summed E-state index contributed by atoms with van der Waals surface area (Å²) in [6.45, 7) is 7.04. The Morgan fingerprint density at radius 2 is 1.62 bits per heavy atom. The van der Waals surface area contributed by atoms with Gasteiger partial charge in [-0.1, -0.05) is 24.3 Å². The van der Waals surface area contributed by atoms with Crippen molar-refractivity contribution in [3.05, 3.63) is 53.1 Å². The van der Waals surface area contributed by atoms with Crippen molar-refractivity contribution in [2.24, 2.45) is 5.10 Å². The number of nitrogens with one attached hydrogen (secondary N) is 1. The van der Waals surface area contributed by atoms with Crippen LogP contribution in [0.1, 0.15) is 55.1 Å². The molecule has 6 nitrogen and oxygen atoms in total. The molecule has 0 heterocycles. The third kappa shape index (κ3) is 4.88. The number of fused-ring (bicyclic) bond motifs is 1. The summed E-state index contributed by atoms with van der Waals surface area (Å²) in [5.41, 5.74) is 6.39. The second kappa shape index (κ2) is 9.96. The predicted molar refractivity (Wildman–Crippen MR) is 113 cm³/mol. The maximum Gasteiger partial charge on any atom is 0.271 e. The van der Waals surface area contributed by atoms with E-state index in [0.717, 1.165) is 30.5 Å². The van der Waals surface area contributed by atoms with Crippen molar-refractivity contribution < 1.29 is 19.0 Å². The standard InChI is InChI=1S/C23H28N2O4/c1-4-27-20-14-17(15-21(28-5-2)22(20)29-6-3)23(26)25-24-19-13-9-11-16-10-7-8-12-18(16)19/h7-8,10,12,14-15H,4-6,9,11,13H2,1-3H3,(H,25,26)/b24-19-. The fourth-order valence-corrected chi connectivity index (χ4v) is 3.42. The lowest BCUT2D eigenvalue weighted by atomic mass is 9.90. The van der Waals surface area contributed by atoms with E-state index in [-0.39, 0.29) is 5.91 Å². The van der Waals surface area contributed by atoms with Gasteiger partial charge in [0.1, 0.15) is 0 Å². The minimum atomic E-state index is -0.314. The maximum atomic E-state index is 12.8. The molecular weight excluding hydrogens is 368 g/mol. The molecule has 1 N–H and O–H groups in total. The number of benzene rings is 2. The van der Waals surface area contributed by atoms with Gasteiger partial charge in [0.25, 0.3) is 5.91 Å². The molecule has 0 saturated carbocycles. The number of ether oxygens (including phenoxy) is 3. The van der Waals surface area contributed by atoms with Crippen molar-refractivity contribution in [3.8, 4) is 17.2 Å². The predicted octanol–water partition coefficient (Wildman–Crippen LogP) is 4.35. The van der Waals surface area contributed by atoms with Gasteiger partial charge in [0.15, 0.2) is 11.5 Å². The van der Waals surface area contributed by atoms with Crippen molar-refractivity contribution in [3.63, 3.8) is 0 Å². The third-order valence-electron chi connectivity index (χ3n) is 4.65. The summed E-state index contributed by atoms with van der Waals surface area (Å²) in [5.74, 6) is 1.17. The lowest BCUT2D eigenvalue weighted by Crippen LogP contribution is -2.22. The Labute approximate surface area is 171 Å². The van der Waals surface area contributed by atoms with E-state index in [9.17, 15) is 4.79 Å². The van der Waals surface area contributed by atoms with E-state index in [1.165, 1.54) is 5.56 Å². The Hall–Kier alpha value is -3.02. The molecule has 1 amide bonds. The number of rotatable bonds is 8. The van der Waals surface area contributed by atoms with Gasteiger partial charge in [0, 0.05) is 11.1 Å². The molecule has 154 valence electrons. The SMILES string of the molecule is CCOc1cc(C(=O)N/N=C2/CCCc3ccccc32)cc(OCC)c1OCC. The van der Waals surface area contributed by atoms with E-state index in [0.29, 0.717) is 42.6 Å². The smallest absolute Gasteiger partial charge is 0.271 e. The van der Waals surface area contributed by atoms with E-state index in [2.05, 4.69) is 22.7 Å². The molecule has 29 heavy (non-hydrogen) atoms. The first-order valence-corrected chi connectivity index (χ1v) is 10.2. The number of carbonyl (C=O) groups is 1. The van der Waals surface area contributed by atoms with Gasteiger partial charge in [0.2, 0.25) is 5.75 Å². The monoisotopic (exact) mass is 396 g/mol. The maximum absolute atomic E-state index is 12.8. The zero-order chi connectivity index (χ0) is 20.6. The fourth-order valence-electron chi connectivity index (χ4n) is 3.42. The van der Waals surface area contributed by atoms with E-state index < -0.39 is 0 Å². The van der Waals surface area contributed by atoms with Gasteiger partial charge in [-0.25, -0.2) is 5.43 Å². The summed E-state index contributed by atoms with van der Waals surface area (Å²) in [6.07, 6.45) is 2.91. The van der Waals surface area contributed by atoms with Crippen LogP contribution < -0.4 is 19.6 Å². The van der Waals surface area contributed by atoms with Gasteiger partial charge >= 0.3 is 0 Å². The Morgan fingerprint density at radius 1 is 0.966 bits per heavy atom. The highest BCUT2D eigenvalue weighted by molar-refractivity contribution is 6.04. The van der Waals surface area contributed by atoms with Crippen LogP contribution in [0.4, 0.5) is 0 Å². The first kappa shape index (κ1) is 20.7. The highest BCUT2D eigenvalue weighted by Crippen LogP contribution is 2.39. The number of amides is 1. The molecular formula is C23H28N2O4. The first-order valence-electron chi connectivity index (χ1n) is 10.2. The average Bonchev–Trinajstić information content (AvgIpc) is 2.74. The van der Waals surface area contributed by atoms with E-state index >= 15 is 0 Å². The average molecular weight is 396 g/mol. The minimum absolute atomic E-state index is 0.314. The van der Waals surface area contributed by atoms with Crippen LogP contribution in [-0.2, 0) is 6.42 Å². The summed E-state index contributed by atoms with van der Waals surface area (Å²) in [4.78, 5) is 12.8. The van der Waals surface area contributed by atoms with Gasteiger partial charge in [-0.15, -0.1) is 0 Å². The number of hydrazone groups is 1. The molecule has 0 bridgehead atoms. The summed E-state index contributed by atoms with van der Waals surface area (Å²) in [6, 6.07) is 11.5. The number of aryl methyl sites for hydroxylation is 1. The molecule has 0 atom stereocenters. The van der Waals surface area contributed by atoms with E-state index in [4.69, 9.17) is 14.2 Å². The molecule has 3 rings (SSSR count). The van der Waals surface area contributed by atoms with Crippen LogP contribution in [0.2, 0.25) is 0 Å². The van der Waals surface area contributed by atoms with E-state index in [1.807, 2.05) is 32.9 Å².